The molecule has 168 valence electrons. The highest BCUT2D eigenvalue weighted by atomic mass is 16.1. The molecular formula is C26H23N7O. The first kappa shape index (κ1) is 20.2. The Morgan fingerprint density at radius 3 is 2.59 bits per heavy atom. The summed E-state index contributed by atoms with van der Waals surface area (Å²) in [5.41, 5.74) is 6.01. The van der Waals surface area contributed by atoms with Gasteiger partial charge in [-0.25, -0.2) is 9.97 Å². The molecule has 1 amide bonds. The molecule has 8 heteroatoms. The minimum Gasteiger partial charge on any atom is -0.361 e. The lowest BCUT2D eigenvalue weighted by molar-refractivity contribution is 0.0951. The summed E-state index contributed by atoms with van der Waals surface area (Å²) in [7, 11) is 0. The van der Waals surface area contributed by atoms with Crippen LogP contribution in [-0.2, 0) is 6.54 Å². The normalized spacial score (nSPS) is 13.2. The summed E-state index contributed by atoms with van der Waals surface area (Å²) in [6.45, 7) is 0.525. The molecule has 3 aromatic heterocycles. The number of nitrogens with one attached hydrogen (secondary N) is 3. The number of hydrogen-bond donors (Lipinski definition) is 3. The van der Waals surface area contributed by atoms with Crippen LogP contribution in [0.15, 0.2) is 79.3 Å². The molecule has 0 radical (unpaired) electrons. The van der Waals surface area contributed by atoms with Crippen LogP contribution in [-0.4, -0.2) is 36.5 Å². The molecular weight excluding hydrogens is 426 g/mol. The fourth-order valence-electron chi connectivity index (χ4n) is 3.92. The molecule has 0 spiro atoms. The number of imidazole rings is 1. The molecule has 0 atom stereocenters. The van der Waals surface area contributed by atoms with Gasteiger partial charge in [0.15, 0.2) is 11.5 Å². The van der Waals surface area contributed by atoms with Gasteiger partial charge in [-0.05, 0) is 31.0 Å². The number of amides is 1. The number of aromatic amines is 1. The Balaban J connectivity index is 1.38. The zero-order chi connectivity index (χ0) is 22.9. The van der Waals surface area contributed by atoms with E-state index in [1.54, 1.807) is 6.20 Å². The predicted octanol–water partition coefficient (Wildman–Crippen LogP) is 4.29. The summed E-state index contributed by atoms with van der Waals surface area (Å²) in [4.78, 5) is 21.9. The summed E-state index contributed by atoms with van der Waals surface area (Å²) in [5, 5.41) is 13.5. The second-order valence-electron chi connectivity index (χ2n) is 8.42. The number of nitrogens with zero attached hydrogens (tertiary/aromatic N) is 4. The van der Waals surface area contributed by atoms with E-state index in [0.717, 1.165) is 46.7 Å². The van der Waals surface area contributed by atoms with Gasteiger partial charge in [0, 0.05) is 35.1 Å². The quantitative estimate of drug-likeness (QED) is 0.344. The number of carbonyl (C=O) groups excluding carboxylic acids is 1. The highest BCUT2D eigenvalue weighted by Crippen LogP contribution is 2.28. The molecule has 3 N–H and O–H groups in total. The molecule has 8 nitrogen and oxygen atoms in total. The summed E-state index contributed by atoms with van der Waals surface area (Å²) in [6, 6.07) is 20.0. The lowest BCUT2D eigenvalue weighted by atomic mass is 10.1. The number of aromatic nitrogens is 5. The Morgan fingerprint density at radius 2 is 1.85 bits per heavy atom. The topological polar surface area (TPSA) is 100 Å². The standard InChI is InChI=1S/C26H23N7O/c34-26(30-20-10-11-20)19-8-6-18(7-9-19)23-15-28-25-24(27-14-21-12-13-29-32-21)31-22(16-33(23)25)17-4-2-1-3-5-17/h1-9,12-13,15-16,20H,10-11,14H2,(H,27,31)(H,29,32)(H,30,34). The fourth-order valence-corrected chi connectivity index (χ4v) is 3.92. The van der Waals surface area contributed by atoms with Crippen molar-refractivity contribution in [3.05, 3.63) is 90.5 Å². The smallest absolute Gasteiger partial charge is 0.251 e. The second kappa shape index (κ2) is 8.47. The third-order valence-corrected chi connectivity index (χ3v) is 5.91. The van der Waals surface area contributed by atoms with Gasteiger partial charge in [0.2, 0.25) is 0 Å². The molecule has 0 saturated heterocycles. The van der Waals surface area contributed by atoms with Gasteiger partial charge >= 0.3 is 0 Å². The highest BCUT2D eigenvalue weighted by molar-refractivity contribution is 5.95. The maximum absolute atomic E-state index is 12.4. The SMILES string of the molecule is O=C(NC1CC1)c1ccc(-c2cnc3c(NCc4cc[nH]n4)nc(-c4ccccc4)cn23)cc1. The van der Waals surface area contributed by atoms with Crippen LogP contribution in [0.4, 0.5) is 5.82 Å². The van der Waals surface area contributed by atoms with Crippen molar-refractivity contribution < 1.29 is 4.79 Å². The Bertz CT molecular complexity index is 1440. The van der Waals surface area contributed by atoms with Gasteiger partial charge in [-0.3, -0.25) is 14.3 Å². The van der Waals surface area contributed by atoms with Crippen molar-refractivity contribution in [1.82, 2.24) is 29.9 Å². The molecule has 1 saturated carbocycles. The minimum absolute atomic E-state index is 0.0207. The van der Waals surface area contributed by atoms with Gasteiger partial charge < -0.3 is 10.6 Å². The monoisotopic (exact) mass is 449 g/mol. The van der Waals surface area contributed by atoms with Gasteiger partial charge in [-0.15, -0.1) is 0 Å². The van der Waals surface area contributed by atoms with E-state index in [4.69, 9.17) is 4.98 Å². The van der Waals surface area contributed by atoms with Crippen LogP contribution in [0, 0.1) is 0 Å². The number of hydrogen-bond acceptors (Lipinski definition) is 5. The van der Waals surface area contributed by atoms with E-state index in [1.807, 2.05) is 77.5 Å². The number of fused-ring (bicyclic) bond motifs is 1. The lowest BCUT2D eigenvalue weighted by Gasteiger charge is -2.11. The number of H-pyrrole nitrogens is 1. The zero-order valence-electron chi connectivity index (χ0n) is 18.4. The molecule has 5 aromatic rings. The van der Waals surface area contributed by atoms with Crippen molar-refractivity contribution in [2.24, 2.45) is 0 Å². The van der Waals surface area contributed by atoms with Crippen LogP contribution < -0.4 is 10.6 Å². The van der Waals surface area contributed by atoms with Crippen LogP contribution in [0.1, 0.15) is 28.9 Å². The molecule has 1 aliphatic carbocycles. The van der Waals surface area contributed by atoms with Gasteiger partial charge in [-0.1, -0.05) is 42.5 Å². The van der Waals surface area contributed by atoms with E-state index >= 15 is 0 Å². The van der Waals surface area contributed by atoms with Crippen molar-refractivity contribution in [3.63, 3.8) is 0 Å². The largest absolute Gasteiger partial charge is 0.361 e. The van der Waals surface area contributed by atoms with Crippen LogP contribution in [0.3, 0.4) is 0 Å². The van der Waals surface area contributed by atoms with Gasteiger partial charge in [0.25, 0.3) is 5.91 Å². The van der Waals surface area contributed by atoms with E-state index in [1.165, 1.54) is 0 Å². The highest BCUT2D eigenvalue weighted by Gasteiger charge is 2.23. The van der Waals surface area contributed by atoms with Crippen molar-refractivity contribution in [2.75, 3.05) is 5.32 Å². The lowest BCUT2D eigenvalue weighted by Crippen LogP contribution is -2.25. The molecule has 1 fully saturated rings. The third kappa shape index (κ3) is 4.01. The van der Waals surface area contributed by atoms with Crippen molar-refractivity contribution in [1.29, 1.82) is 0 Å². The van der Waals surface area contributed by atoms with Crippen molar-refractivity contribution in [3.8, 4) is 22.5 Å². The number of anilines is 1. The van der Waals surface area contributed by atoms with E-state index in [-0.39, 0.29) is 5.91 Å². The average molecular weight is 450 g/mol. The molecule has 1 aliphatic rings. The van der Waals surface area contributed by atoms with Crippen LogP contribution in [0.25, 0.3) is 28.2 Å². The molecule has 2 aromatic carbocycles. The van der Waals surface area contributed by atoms with E-state index in [0.29, 0.717) is 24.0 Å². The molecule has 0 unspecified atom stereocenters. The van der Waals surface area contributed by atoms with Crippen molar-refractivity contribution in [2.45, 2.75) is 25.4 Å². The summed E-state index contributed by atoms with van der Waals surface area (Å²) < 4.78 is 2.04. The Hall–Kier alpha value is -4.46. The molecule has 34 heavy (non-hydrogen) atoms. The average Bonchev–Trinajstić information content (AvgIpc) is 3.35. The summed E-state index contributed by atoms with van der Waals surface area (Å²) >= 11 is 0. The van der Waals surface area contributed by atoms with Crippen LogP contribution in [0.2, 0.25) is 0 Å². The molecule has 0 bridgehead atoms. The Labute approximate surface area is 196 Å². The van der Waals surface area contributed by atoms with Gasteiger partial charge in [0.1, 0.15) is 0 Å². The van der Waals surface area contributed by atoms with E-state index in [9.17, 15) is 4.79 Å². The summed E-state index contributed by atoms with van der Waals surface area (Å²) in [5.74, 6) is 0.656. The van der Waals surface area contributed by atoms with E-state index in [2.05, 4.69) is 25.8 Å². The van der Waals surface area contributed by atoms with Crippen LogP contribution in [0.5, 0.6) is 0 Å². The number of carbonyl (C=O) groups is 1. The first-order valence-electron chi connectivity index (χ1n) is 11.3. The van der Waals surface area contributed by atoms with Crippen LogP contribution >= 0.6 is 0 Å². The first-order valence-corrected chi connectivity index (χ1v) is 11.3. The first-order chi connectivity index (χ1) is 16.7. The Kier molecular flexibility index (Phi) is 5.03. The van der Waals surface area contributed by atoms with Gasteiger partial charge in [-0.2, -0.15) is 5.10 Å². The maximum atomic E-state index is 12.4. The number of rotatable bonds is 7. The Morgan fingerprint density at radius 1 is 1.03 bits per heavy atom. The number of benzene rings is 2. The predicted molar refractivity (Wildman–Crippen MR) is 130 cm³/mol. The molecule has 6 rings (SSSR count). The zero-order valence-corrected chi connectivity index (χ0v) is 18.4. The maximum Gasteiger partial charge on any atom is 0.251 e. The summed E-state index contributed by atoms with van der Waals surface area (Å²) in [6.07, 6.45) is 7.77. The second-order valence-corrected chi connectivity index (χ2v) is 8.42. The van der Waals surface area contributed by atoms with E-state index < -0.39 is 0 Å². The third-order valence-electron chi connectivity index (χ3n) is 5.91. The van der Waals surface area contributed by atoms with Crippen molar-refractivity contribution >= 4 is 17.4 Å². The van der Waals surface area contributed by atoms with Gasteiger partial charge in [0.05, 0.1) is 29.8 Å². The minimum atomic E-state index is -0.0207. The molecule has 0 aliphatic heterocycles. The molecule has 3 heterocycles. The fraction of sp³-hybridized carbons (Fsp3) is 0.154.